The average molecular weight is 237 g/mol. The summed E-state index contributed by atoms with van der Waals surface area (Å²) in [6.45, 7) is 10.1. The summed E-state index contributed by atoms with van der Waals surface area (Å²) in [5.41, 5.74) is 1.95. The fourth-order valence-electron chi connectivity index (χ4n) is 1.75. The largest absolute Gasteiger partial charge is 0.490 e. The summed E-state index contributed by atoms with van der Waals surface area (Å²) in [5.74, 6) is 0.660. The van der Waals surface area contributed by atoms with E-state index in [4.69, 9.17) is 10.1 Å². The van der Waals surface area contributed by atoms with Crippen LogP contribution in [0.1, 0.15) is 26.7 Å². The van der Waals surface area contributed by atoms with Crippen LogP contribution >= 0.6 is 0 Å². The highest BCUT2D eigenvalue weighted by molar-refractivity contribution is 5.74. The molecule has 1 fully saturated rings. The third-order valence-electron chi connectivity index (χ3n) is 2.81. The van der Waals surface area contributed by atoms with Crippen molar-refractivity contribution >= 4 is 6.21 Å². The van der Waals surface area contributed by atoms with Crippen LogP contribution in [-0.4, -0.2) is 32.0 Å². The van der Waals surface area contributed by atoms with Gasteiger partial charge >= 0.3 is 0 Å². The van der Waals surface area contributed by atoms with Crippen molar-refractivity contribution in [3.63, 3.8) is 0 Å². The van der Waals surface area contributed by atoms with E-state index >= 15 is 0 Å². The van der Waals surface area contributed by atoms with Gasteiger partial charge in [0.1, 0.15) is 12.4 Å². The number of ether oxygens (including phenoxy) is 1. The topological polar surface area (TPSA) is 57.1 Å². The monoisotopic (exact) mass is 237 g/mol. The van der Waals surface area contributed by atoms with E-state index in [0.717, 1.165) is 24.2 Å². The molecule has 0 bridgehead atoms. The molecule has 0 aliphatic carbocycles. The second-order valence-corrected chi connectivity index (χ2v) is 4.53. The van der Waals surface area contributed by atoms with Crippen LogP contribution < -0.4 is 10.6 Å². The van der Waals surface area contributed by atoms with Gasteiger partial charge in [-0.1, -0.05) is 6.58 Å². The molecule has 1 atom stereocenters. The Balaban J connectivity index is 2.41. The van der Waals surface area contributed by atoms with E-state index in [2.05, 4.69) is 17.2 Å². The molecule has 0 spiro atoms. The van der Waals surface area contributed by atoms with Crippen LogP contribution in [0, 0.1) is 5.41 Å². The lowest BCUT2D eigenvalue weighted by Crippen LogP contribution is -2.27. The van der Waals surface area contributed by atoms with E-state index in [9.17, 15) is 0 Å². The molecule has 0 aromatic rings. The number of nitrogens with one attached hydrogen (secondary N) is 3. The molecule has 0 radical (unpaired) electrons. The van der Waals surface area contributed by atoms with Gasteiger partial charge < -0.3 is 20.8 Å². The van der Waals surface area contributed by atoms with Crippen LogP contribution in [0.25, 0.3) is 0 Å². The van der Waals surface area contributed by atoms with Crippen molar-refractivity contribution in [3.8, 4) is 0 Å². The Morgan fingerprint density at radius 2 is 2.35 bits per heavy atom. The first-order valence-corrected chi connectivity index (χ1v) is 6.09. The van der Waals surface area contributed by atoms with E-state index in [1.54, 1.807) is 0 Å². The van der Waals surface area contributed by atoms with Gasteiger partial charge in [-0.25, -0.2) is 0 Å². The normalized spacial score (nSPS) is 20.7. The Kier molecular flexibility index (Phi) is 5.77. The maximum absolute atomic E-state index is 7.37. The summed E-state index contributed by atoms with van der Waals surface area (Å²) in [4.78, 5) is 0. The predicted octanol–water partition coefficient (Wildman–Crippen LogP) is 1.80. The van der Waals surface area contributed by atoms with Gasteiger partial charge in [0.2, 0.25) is 0 Å². The molecule has 96 valence electrons. The fourth-order valence-corrected chi connectivity index (χ4v) is 1.75. The number of hydrogen-bond acceptors (Lipinski definition) is 4. The lowest BCUT2D eigenvalue weighted by Gasteiger charge is -2.15. The first-order chi connectivity index (χ1) is 8.13. The van der Waals surface area contributed by atoms with Gasteiger partial charge in [-0.05, 0) is 38.8 Å². The molecule has 1 saturated heterocycles. The number of allylic oxidation sites excluding steroid dienone is 2. The molecule has 1 rings (SSSR count). The number of hydrogen-bond donors (Lipinski definition) is 3. The maximum atomic E-state index is 7.37. The first-order valence-electron chi connectivity index (χ1n) is 6.09. The van der Waals surface area contributed by atoms with E-state index < -0.39 is 0 Å². The van der Waals surface area contributed by atoms with E-state index in [-0.39, 0.29) is 0 Å². The molecule has 1 unspecified atom stereocenters. The number of rotatable bonds is 7. The molecule has 0 saturated carbocycles. The molecule has 3 N–H and O–H groups in total. The van der Waals surface area contributed by atoms with Gasteiger partial charge in [0, 0.05) is 18.3 Å². The first kappa shape index (κ1) is 13.8. The Bertz CT molecular complexity index is 304. The van der Waals surface area contributed by atoms with Crippen molar-refractivity contribution in [2.75, 3.05) is 19.7 Å². The van der Waals surface area contributed by atoms with Crippen LogP contribution in [0.4, 0.5) is 0 Å². The van der Waals surface area contributed by atoms with E-state index in [1.165, 1.54) is 12.6 Å². The second kappa shape index (κ2) is 7.12. The molecule has 1 aliphatic rings. The van der Waals surface area contributed by atoms with Gasteiger partial charge in [0.15, 0.2) is 0 Å². The summed E-state index contributed by atoms with van der Waals surface area (Å²) in [5, 5.41) is 13.9. The van der Waals surface area contributed by atoms with Crippen LogP contribution in [0.2, 0.25) is 0 Å². The van der Waals surface area contributed by atoms with Crippen molar-refractivity contribution in [1.82, 2.24) is 10.6 Å². The van der Waals surface area contributed by atoms with Crippen LogP contribution in [0.5, 0.6) is 0 Å². The molecule has 1 aliphatic heterocycles. The standard InChI is InChI=1S/C13H23N3O/c1-10(2)16-8-11(3)13(7-14)17-9-12-5-4-6-15-12/h7,12,14-16H,1,4-6,8-9H2,2-3H3/b13-11-,14-7?. The van der Waals surface area contributed by atoms with Crippen molar-refractivity contribution < 1.29 is 4.74 Å². The third kappa shape index (κ3) is 5.04. The zero-order chi connectivity index (χ0) is 12.7. The van der Waals surface area contributed by atoms with Gasteiger partial charge in [0.25, 0.3) is 0 Å². The van der Waals surface area contributed by atoms with Crippen LogP contribution in [-0.2, 0) is 4.74 Å². The molecule has 0 aromatic heterocycles. The minimum atomic E-state index is 0.437. The Morgan fingerprint density at radius 3 is 2.88 bits per heavy atom. The molecular formula is C13H23N3O. The summed E-state index contributed by atoms with van der Waals surface area (Å²) in [6.07, 6.45) is 3.66. The zero-order valence-corrected chi connectivity index (χ0v) is 10.8. The van der Waals surface area contributed by atoms with E-state index in [1.807, 2.05) is 13.8 Å². The van der Waals surface area contributed by atoms with Gasteiger partial charge in [-0.15, -0.1) is 0 Å². The van der Waals surface area contributed by atoms with Gasteiger partial charge in [-0.2, -0.15) is 0 Å². The van der Waals surface area contributed by atoms with Crippen LogP contribution in [0.15, 0.2) is 23.6 Å². The quantitative estimate of drug-likeness (QED) is 0.467. The minimum absolute atomic E-state index is 0.437. The third-order valence-corrected chi connectivity index (χ3v) is 2.81. The SMILES string of the molecule is C=C(C)NC/C(C)=C(/C=N)OCC1CCCN1. The molecular weight excluding hydrogens is 214 g/mol. The average Bonchev–Trinajstić information content (AvgIpc) is 2.80. The smallest absolute Gasteiger partial charge is 0.137 e. The van der Waals surface area contributed by atoms with Crippen LogP contribution in [0.3, 0.4) is 0 Å². The zero-order valence-electron chi connectivity index (χ0n) is 10.8. The van der Waals surface area contributed by atoms with Crippen molar-refractivity contribution in [2.24, 2.45) is 0 Å². The minimum Gasteiger partial charge on any atom is -0.490 e. The molecule has 0 aromatic carbocycles. The summed E-state index contributed by atoms with van der Waals surface area (Å²) < 4.78 is 5.67. The summed E-state index contributed by atoms with van der Waals surface area (Å²) in [7, 11) is 0. The molecule has 0 amide bonds. The Morgan fingerprint density at radius 1 is 1.59 bits per heavy atom. The highest BCUT2D eigenvalue weighted by atomic mass is 16.5. The van der Waals surface area contributed by atoms with Gasteiger partial charge in [0.05, 0.1) is 6.21 Å². The highest BCUT2D eigenvalue weighted by Gasteiger charge is 2.15. The molecule has 4 heteroatoms. The van der Waals surface area contributed by atoms with Crippen molar-refractivity contribution in [1.29, 1.82) is 5.41 Å². The summed E-state index contributed by atoms with van der Waals surface area (Å²) in [6, 6.07) is 0.437. The lowest BCUT2D eigenvalue weighted by atomic mass is 10.2. The highest BCUT2D eigenvalue weighted by Crippen LogP contribution is 2.09. The predicted molar refractivity (Wildman–Crippen MR) is 71.3 cm³/mol. The maximum Gasteiger partial charge on any atom is 0.137 e. The lowest BCUT2D eigenvalue weighted by molar-refractivity contribution is 0.200. The van der Waals surface area contributed by atoms with Crippen molar-refractivity contribution in [2.45, 2.75) is 32.7 Å². The van der Waals surface area contributed by atoms with E-state index in [0.29, 0.717) is 25.0 Å². The molecule has 1 heterocycles. The Hall–Kier alpha value is -1.29. The second-order valence-electron chi connectivity index (χ2n) is 4.53. The fraction of sp³-hybridized carbons (Fsp3) is 0.615. The molecule has 17 heavy (non-hydrogen) atoms. The molecule has 4 nitrogen and oxygen atoms in total. The van der Waals surface area contributed by atoms with Crippen molar-refractivity contribution in [3.05, 3.63) is 23.6 Å². The Labute approximate surface area is 104 Å². The summed E-state index contributed by atoms with van der Waals surface area (Å²) >= 11 is 0. The van der Waals surface area contributed by atoms with Gasteiger partial charge in [-0.3, -0.25) is 0 Å².